The molecule has 1 aromatic rings. The Hall–Kier alpha value is -2.61. The minimum atomic E-state index is -0.946. The molecule has 2 unspecified atom stereocenters. The molecule has 8 heteroatoms. The fourth-order valence-electron chi connectivity index (χ4n) is 3.79. The third kappa shape index (κ3) is 9.88. The largest absolute Gasteiger partial charge is 0.444 e. The number of hydrogen-bond donors (Lipinski definition) is 3. The van der Waals surface area contributed by atoms with Crippen LogP contribution >= 0.6 is 0 Å². The lowest BCUT2D eigenvalue weighted by Crippen LogP contribution is -2.55. The van der Waals surface area contributed by atoms with E-state index in [2.05, 4.69) is 17.6 Å². The van der Waals surface area contributed by atoms with Crippen LogP contribution in [-0.2, 0) is 14.3 Å². The molecule has 0 radical (unpaired) electrons. The normalized spacial score (nSPS) is 13.2. The molecule has 35 heavy (non-hydrogen) atoms. The number of carbonyl (C=O) groups excluding carboxylic acids is 3. The molecule has 0 aliphatic heterocycles. The van der Waals surface area contributed by atoms with Crippen molar-refractivity contribution in [2.75, 3.05) is 19.7 Å². The highest BCUT2D eigenvalue weighted by Crippen LogP contribution is 2.27. The van der Waals surface area contributed by atoms with Crippen LogP contribution in [0.2, 0.25) is 0 Å². The zero-order valence-electron chi connectivity index (χ0n) is 22.7. The van der Waals surface area contributed by atoms with E-state index in [0.717, 1.165) is 30.4 Å². The van der Waals surface area contributed by atoms with E-state index in [1.807, 2.05) is 45.9 Å². The number of aryl methyl sites for hydroxylation is 2. The fraction of sp³-hybridized carbons (Fsp3) is 0.667. The average Bonchev–Trinajstić information content (AvgIpc) is 2.75. The second-order valence-corrected chi connectivity index (χ2v) is 10.4. The zero-order valence-corrected chi connectivity index (χ0v) is 22.7. The van der Waals surface area contributed by atoms with Crippen molar-refractivity contribution in [2.24, 2.45) is 5.92 Å². The van der Waals surface area contributed by atoms with Gasteiger partial charge in [-0.05, 0) is 58.1 Å². The van der Waals surface area contributed by atoms with Gasteiger partial charge in [-0.15, -0.1) is 0 Å². The van der Waals surface area contributed by atoms with Crippen LogP contribution in [0.1, 0.15) is 83.5 Å². The van der Waals surface area contributed by atoms with E-state index in [9.17, 15) is 19.5 Å². The smallest absolute Gasteiger partial charge is 0.408 e. The molecular formula is C27H45N3O5. The lowest BCUT2D eigenvalue weighted by atomic mass is 9.95. The molecule has 0 heterocycles. The lowest BCUT2D eigenvalue weighted by molar-refractivity contribution is -0.143. The van der Waals surface area contributed by atoms with Crippen molar-refractivity contribution in [1.29, 1.82) is 0 Å². The van der Waals surface area contributed by atoms with Gasteiger partial charge in [0.05, 0.1) is 6.61 Å². The molecule has 1 rings (SSSR count). The summed E-state index contributed by atoms with van der Waals surface area (Å²) in [6.45, 7) is 14.9. The molecule has 1 aromatic carbocycles. The number of rotatable bonds is 12. The van der Waals surface area contributed by atoms with Crippen LogP contribution in [0.3, 0.4) is 0 Å². The van der Waals surface area contributed by atoms with Gasteiger partial charge in [-0.3, -0.25) is 9.59 Å². The summed E-state index contributed by atoms with van der Waals surface area (Å²) in [5.41, 5.74) is 1.79. The predicted octanol–water partition coefficient (Wildman–Crippen LogP) is 4.02. The second-order valence-electron chi connectivity index (χ2n) is 10.4. The van der Waals surface area contributed by atoms with E-state index >= 15 is 0 Å². The number of aliphatic hydroxyl groups excluding tert-OH is 1. The van der Waals surface area contributed by atoms with Gasteiger partial charge in [0.25, 0.3) is 0 Å². The van der Waals surface area contributed by atoms with Crippen molar-refractivity contribution < 1.29 is 24.2 Å². The Kier molecular flexibility index (Phi) is 12.2. The topological polar surface area (TPSA) is 108 Å². The zero-order chi connectivity index (χ0) is 26.8. The van der Waals surface area contributed by atoms with Crippen LogP contribution in [0.5, 0.6) is 0 Å². The quantitative estimate of drug-likeness (QED) is 0.383. The van der Waals surface area contributed by atoms with E-state index in [4.69, 9.17) is 4.74 Å². The van der Waals surface area contributed by atoms with Gasteiger partial charge < -0.3 is 25.4 Å². The third-order valence-electron chi connectivity index (χ3n) is 5.60. The van der Waals surface area contributed by atoms with Gasteiger partial charge >= 0.3 is 6.09 Å². The maximum Gasteiger partial charge on any atom is 0.408 e. The molecule has 0 saturated heterocycles. The predicted molar refractivity (Wildman–Crippen MR) is 138 cm³/mol. The van der Waals surface area contributed by atoms with Gasteiger partial charge in [0.2, 0.25) is 11.8 Å². The summed E-state index contributed by atoms with van der Waals surface area (Å²) >= 11 is 0. The Balaban J connectivity index is 3.41. The van der Waals surface area contributed by atoms with E-state index in [1.165, 1.54) is 4.90 Å². The summed E-state index contributed by atoms with van der Waals surface area (Å²) in [4.78, 5) is 41.2. The van der Waals surface area contributed by atoms with Gasteiger partial charge in [-0.2, -0.15) is 0 Å². The highest BCUT2D eigenvalue weighted by atomic mass is 16.6. The number of aliphatic hydroxyl groups is 1. The molecule has 3 amide bonds. The molecule has 0 spiro atoms. The van der Waals surface area contributed by atoms with Crippen molar-refractivity contribution in [3.05, 3.63) is 34.9 Å². The van der Waals surface area contributed by atoms with E-state index in [0.29, 0.717) is 12.1 Å². The fourth-order valence-corrected chi connectivity index (χ4v) is 3.79. The van der Waals surface area contributed by atoms with Crippen molar-refractivity contribution >= 4 is 17.9 Å². The van der Waals surface area contributed by atoms with Crippen molar-refractivity contribution in [2.45, 2.75) is 92.3 Å². The number of hydrogen-bond acceptors (Lipinski definition) is 5. The van der Waals surface area contributed by atoms with Crippen LogP contribution in [0.4, 0.5) is 4.79 Å². The standard InChI is InChI=1S/C27H45N3O5/c1-9-10-11-14-28-24(32)23(21-17-19(4)12-13-20(21)5)30(15-16-31)25(33)22(18(2)3)29-26(34)35-27(6,7)8/h12-13,17-18,22-23,31H,9-11,14-16H2,1-8H3,(H,28,32)(H,29,34). The summed E-state index contributed by atoms with van der Waals surface area (Å²) in [6.07, 6.45) is 2.14. The van der Waals surface area contributed by atoms with Crippen LogP contribution in [0.25, 0.3) is 0 Å². The van der Waals surface area contributed by atoms with Gasteiger partial charge in [0, 0.05) is 13.1 Å². The Morgan fingerprint density at radius 2 is 1.77 bits per heavy atom. The molecule has 0 aliphatic carbocycles. The summed E-state index contributed by atoms with van der Waals surface area (Å²) in [5.74, 6) is -1.03. The number of alkyl carbamates (subject to hydrolysis) is 1. The van der Waals surface area contributed by atoms with E-state index < -0.39 is 29.7 Å². The average molecular weight is 492 g/mol. The van der Waals surface area contributed by atoms with Crippen molar-refractivity contribution in [3.63, 3.8) is 0 Å². The minimum absolute atomic E-state index is 0.0571. The number of nitrogens with zero attached hydrogens (tertiary/aromatic N) is 1. The van der Waals surface area contributed by atoms with Crippen LogP contribution in [-0.4, -0.2) is 59.3 Å². The molecule has 0 fully saturated rings. The number of carbonyl (C=O) groups is 3. The first-order chi connectivity index (χ1) is 16.3. The van der Waals surface area contributed by atoms with Crippen molar-refractivity contribution in [1.82, 2.24) is 15.5 Å². The molecule has 2 atom stereocenters. The Bertz CT molecular complexity index is 848. The molecule has 0 saturated carbocycles. The van der Waals surface area contributed by atoms with Gasteiger partial charge in [-0.1, -0.05) is 57.4 Å². The molecule has 8 nitrogen and oxygen atoms in total. The summed E-state index contributed by atoms with van der Waals surface area (Å²) in [7, 11) is 0. The van der Waals surface area contributed by atoms with Crippen molar-refractivity contribution in [3.8, 4) is 0 Å². The SMILES string of the molecule is CCCCCNC(=O)C(c1cc(C)ccc1C)N(CCO)C(=O)C(NC(=O)OC(C)(C)C)C(C)C. The Labute approximate surface area is 210 Å². The maximum atomic E-state index is 13.8. The molecular weight excluding hydrogens is 446 g/mol. The number of ether oxygens (including phenoxy) is 1. The van der Waals surface area contributed by atoms with E-state index in [-0.39, 0.29) is 25.0 Å². The molecule has 0 aliphatic rings. The van der Waals surface area contributed by atoms with Gasteiger partial charge in [0.15, 0.2) is 0 Å². The molecule has 198 valence electrons. The second kappa shape index (κ2) is 14.1. The van der Waals surface area contributed by atoms with E-state index in [1.54, 1.807) is 20.8 Å². The summed E-state index contributed by atoms with van der Waals surface area (Å²) in [5, 5.41) is 15.5. The number of unbranched alkanes of at least 4 members (excludes halogenated alkanes) is 2. The summed E-state index contributed by atoms with van der Waals surface area (Å²) < 4.78 is 5.36. The number of amides is 3. The Morgan fingerprint density at radius 1 is 1.11 bits per heavy atom. The monoisotopic (exact) mass is 491 g/mol. The molecule has 3 N–H and O–H groups in total. The first-order valence-corrected chi connectivity index (χ1v) is 12.6. The number of benzene rings is 1. The highest BCUT2D eigenvalue weighted by molar-refractivity contribution is 5.92. The van der Waals surface area contributed by atoms with Crippen LogP contribution < -0.4 is 10.6 Å². The Morgan fingerprint density at radius 3 is 2.31 bits per heavy atom. The highest BCUT2D eigenvalue weighted by Gasteiger charge is 2.37. The van der Waals surface area contributed by atoms with Gasteiger partial charge in [-0.25, -0.2) is 4.79 Å². The maximum absolute atomic E-state index is 13.8. The van der Waals surface area contributed by atoms with Crippen LogP contribution in [0.15, 0.2) is 18.2 Å². The first kappa shape index (κ1) is 30.4. The lowest BCUT2D eigenvalue weighted by Gasteiger charge is -2.36. The van der Waals surface area contributed by atoms with Gasteiger partial charge in [0.1, 0.15) is 17.7 Å². The first-order valence-electron chi connectivity index (χ1n) is 12.6. The summed E-state index contributed by atoms with van der Waals surface area (Å²) in [6, 6.07) is 3.89. The minimum Gasteiger partial charge on any atom is -0.444 e. The third-order valence-corrected chi connectivity index (χ3v) is 5.60. The number of nitrogens with one attached hydrogen (secondary N) is 2. The molecule has 0 bridgehead atoms. The van der Waals surface area contributed by atoms with Crippen LogP contribution in [0, 0.1) is 19.8 Å². The molecule has 0 aromatic heterocycles.